The molecule has 3 rings (SSSR count). The Balaban J connectivity index is 1.78. The average Bonchev–Trinajstić information content (AvgIpc) is 3.06. The number of rotatable bonds is 5. The van der Waals surface area contributed by atoms with Crippen LogP contribution in [0.4, 0.5) is 5.69 Å². The van der Waals surface area contributed by atoms with Crippen molar-refractivity contribution < 1.29 is 9.26 Å². The molecule has 0 saturated carbocycles. The predicted octanol–water partition coefficient (Wildman–Crippen LogP) is 4.30. The van der Waals surface area contributed by atoms with Crippen molar-refractivity contribution in [3.8, 4) is 23.1 Å². The third kappa shape index (κ3) is 3.28. The van der Waals surface area contributed by atoms with Gasteiger partial charge >= 0.3 is 0 Å². The first kappa shape index (κ1) is 15.4. The number of aromatic nitrogens is 1. The summed E-state index contributed by atoms with van der Waals surface area (Å²) in [4.78, 5) is 0. The fraction of sp³-hybridized carbons (Fsp3) is 0.0526. The van der Waals surface area contributed by atoms with Crippen LogP contribution in [0, 0.1) is 11.3 Å². The van der Waals surface area contributed by atoms with Gasteiger partial charge in [-0.1, -0.05) is 35.5 Å². The van der Waals surface area contributed by atoms with Gasteiger partial charge in [0.1, 0.15) is 23.1 Å². The molecule has 0 bridgehead atoms. The van der Waals surface area contributed by atoms with E-state index in [9.17, 15) is 5.26 Å². The van der Waals surface area contributed by atoms with Crippen molar-refractivity contribution in [2.45, 2.75) is 0 Å². The average molecular weight is 317 g/mol. The second kappa shape index (κ2) is 7.16. The highest BCUT2D eigenvalue weighted by Crippen LogP contribution is 2.25. The Labute approximate surface area is 139 Å². The van der Waals surface area contributed by atoms with E-state index in [0.29, 0.717) is 17.0 Å². The number of anilines is 1. The SMILES string of the molecule is COc1ccc(N/C=C/c2onc(-c3ccccc3)c2C#N)cc1. The van der Waals surface area contributed by atoms with Crippen LogP contribution in [0.2, 0.25) is 0 Å². The molecule has 24 heavy (non-hydrogen) atoms. The number of methoxy groups -OCH3 is 1. The van der Waals surface area contributed by atoms with E-state index in [1.54, 1.807) is 19.4 Å². The lowest BCUT2D eigenvalue weighted by atomic mass is 10.1. The van der Waals surface area contributed by atoms with Gasteiger partial charge in [-0.25, -0.2) is 0 Å². The van der Waals surface area contributed by atoms with Gasteiger partial charge in [-0.15, -0.1) is 0 Å². The Morgan fingerprint density at radius 3 is 2.54 bits per heavy atom. The Hall–Kier alpha value is -3.52. The molecule has 0 radical (unpaired) electrons. The van der Waals surface area contributed by atoms with Gasteiger partial charge in [0.05, 0.1) is 7.11 Å². The maximum absolute atomic E-state index is 9.41. The summed E-state index contributed by atoms with van der Waals surface area (Å²) in [7, 11) is 1.62. The van der Waals surface area contributed by atoms with Crippen molar-refractivity contribution in [3.63, 3.8) is 0 Å². The number of nitriles is 1. The van der Waals surface area contributed by atoms with Crippen molar-refractivity contribution in [1.29, 1.82) is 5.26 Å². The molecule has 0 aliphatic heterocycles. The maximum Gasteiger partial charge on any atom is 0.179 e. The molecule has 0 amide bonds. The highest BCUT2D eigenvalue weighted by Gasteiger charge is 2.15. The fourth-order valence-corrected chi connectivity index (χ4v) is 2.22. The first-order chi connectivity index (χ1) is 11.8. The summed E-state index contributed by atoms with van der Waals surface area (Å²) in [5.74, 6) is 1.20. The van der Waals surface area contributed by atoms with Gasteiger partial charge in [0.15, 0.2) is 5.76 Å². The van der Waals surface area contributed by atoms with E-state index in [-0.39, 0.29) is 0 Å². The van der Waals surface area contributed by atoms with Crippen LogP contribution in [0.5, 0.6) is 5.75 Å². The normalized spacial score (nSPS) is 10.5. The summed E-state index contributed by atoms with van der Waals surface area (Å²) in [5.41, 5.74) is 2.70. The summed E-state index contributed by atoms with van der Waals surface area (Å²) < 4.78 is 10.4. The van der Waals surface area contributed by atoms with Crippen LogP contribution in [0.25, 0.3) is 17.3 Å². The molecular formula is C19H15N3O2. The zero-order valence-electron chi connectivity index (χ0n) is 13.1. The molecule has 1 N–H and O–H groups in total. The molecule has 0 saturated heterocycles. The molecule has 1 heterocycles. The van der Waals surface area contributed by atoms with Crippen molar-refractivity contribution in [3.05, 3.63) is 72.1 Å². The Bertz CT molecular complexity index is 875. The summed E-state index contributed by atoms with van der Waals surface area (Å²) in [5, 5.41) is 16.5. The first-order valence-corrected chi connectivity index (χ1v) is 7.34. The largest absolute Gasteiger partial charge is 0.497 e. The van der Waals surface area contributed by atoms with Gasteiger partial charge in [-0.05, 0) is 24.3 Å². The van der Waals surface area contributed by atoms with Crippen molar-refractivity contribution in [2.75, 3.05) is 12.4 Å². The van der Waals surface area contributed by atoms with E-state index in [4.69, 9.17) is 9.26 Å². The third-order valence-electron chi connectivity index (χ3n) is 3.45. The predicted molar refractivity (Wildman–Crippen MR) is 92.3 cm³/mol. The topological polar surface area (TPSA) is 71.1 Å². The molecule has 0 aliphatic rings. The number of hydrogen-bond donors (Lipinski definition) is 1. The zero-order chi connectivity index (χ0) is 16.8. The van der Waals surface area contributed by atoms with Crippen LogP contribution in [0.1, 0.15) is 11.3 Å². The quantitative estimate of drug-likeness (QED) is 0.759. The van der Waals surface area contributed by atoms with Gasteiger partial charge in [0.2, 0.25) is 0 Å². The van der Waals surface area contributed by atoms with Crippen LogP contribution in [0.15, 0.2) is 65.3 Å². The Morgan fingerprint density at radius 2 is 1.88 bits per heavy atom. The van der Waals surface area contributed by atoms with E-state index in [2.05, 4.69) is 16.5 Å². The van der Waals surface area contributed by atoms with E-state index in [1.807, 2.05) is 54.6 Å². The highest BCUT2D eigenvalue weighted by atomic mass is 16.5. The molecule has 2 aromatic carbocycles. The lowest BCUT2D eigenvalue weighted by Gasteiger charge is -2.02. The molecule has 3 aromatic rings. The maximum atomic E-state index is 9.41. The number of nitrogens with zero attached hydrogens (tertiary/aromatic N) is 2. The van der Waals surface area contributed by atoms with Crippen LogP contribution in [-0.4, -0.2) is 12.3 Å². The lowest BCUT2D eigenvalue weighted by molar-refractivity contribution is 0.414. The minimum Gasteiger partial charge on any atom is -0.497 e. The molecule has 5 heteroatoms. The van der Waals surface area contributed by atoms with Crippen LogP contribution >= 0.6 is 0 Å². The molecule has 0 unspecified atom stereocenters. The zero-order valence-corrected chi connectivity index (χ0v) is 13.1. The van der Waals surface area contributed by atoms with E-state index >= 15 is 0 Å². The van der Waals surface area contributed by atoms with Gasteiger partial charge < -0.3 is 14.6 Å². The second-order valence-corrected chi connectivity index (χ2v) is 4.95. The molecule has 118 valence electrons. The fourth-order valence-electron chi connectivity index (χ4n) is 2.22. The molecular weight excluding hydrogens is 302 g/mol. The van der Waals surface area contributed by atoms with Crippen molar-refractivity contribution >= 4 is 11.8 Å². The summed E-state index contributed by atoms with van der Waals surface area (Å²) >= 11 is 0. The molecule has 5 nitrogen and oxygen atoms in total. The van der Waals surface area contributed by atoms with Crippen molar-refractivity contribution in [2.24, 2.45) is 0 Å². The molecule has 0 aliphatic carbocycles. The van der Waals surface area contributed by atoms with Gasteiger partial charge in [-0.3, -0.25) is 0 Å². The molecule has 0 fully saturated rings. The van der Waals surface area contributed by atoms with E-state index < -0.39 is 0 Å². The first-order valence-electron chi connectivity index (χ1n) is 7.34. The highest BCUT2D eigenvalue weighted by molar-refractivity contribution is 5.71. The molecule has 0 spiro atoms. The van der Waals surface area contributed by atoms with Crippen LogP contribution < -0.4 is 10.1 Å². The summed E-state index contributed by atoms with van der Waals surface area (Å²) in [6, 6.07) is 19.1. The monoisotopic (exact) mass is 317 g/mol. The summed E-state index contributed by atoms with van der Waals surface area (Å²) in [6.07, 6.45) is 3.39. The number of benzene rings is 2. The Morgan fingerprint density at radius 1 is 1.12 bits per heavy atom. The van der Waals surface area contributed by atoms with E-state index in [1.165, 1.54) is 0 Å². The Kier molecular flexibility index (Phi) is 4.59. The van der Waals surface area contributed by atoms with Crippen LogP contribution in [0.3, 0.4) is 0 Å². The number of hydrogen-bond acceptors (Lipinski definition) is 5. The lowest BCUT2D eigenvalue weighted by Crippen LogP contribution is -1.88. The van der Waals surface area contributed by atoms with Gasteiger partial charge in [-0.2, -0.15) is 5.26 Å². The van der Waals surface area contributed by atoms with Gasteiger partial charge in [0, 0.05) is 23.5 Å². The number of nitrogens with one attached hydrogen (secondary N) is 1. The minimum absolute atomic E-state index is 0.411. The summed E-state index contributed by atoms with van der Waals surface area (Å²) in [6.45, 7) is 0. The van der Waals surface area contributed by atoms with Crippen LogP contribution in [-0.2, 0) is 0 Å². The third-order valence-corrected chi connectivity index (χ3v) is 3.45. The van der Waals surface area contributed by atoms with Gasteiger partial charge in [0.25, 0.3) is 0 Å². The van der Waals surface area contributed by atoms with E-state index in [0.717, 1.165) is 17.0 Å². The standard InChI is InChI=1S/C19H15N3O2/c1-23-16-9-7-15(8-10-16)21-12-11-18-17(13-20)19(22-24-18)14-5-3-2-4-6-14/h2-12,21H,1H3/b12-11+. The smallest absolute Gasteiger partial charge is 0.179 e. The minimum atomic E-state index is 0.411. The van der Waals surface area contributed by atoms with Crippen molar-refractivity contribution in [1.82, 2.24) is 5.16 Å². The molecule has 0 atom stereocenters. The molecule has 1 aromatic heterocycles. The second-order valence-electron chi connectivity index (χ2n) is 4.95. The number of ether oxygens (including phenoxy) is 1.